The van der Waals surface area contributed by atoms with Gasteiger partial charge >= 0.3 is 0 Å². The summed E-state index contributed by atoms with van der Waals surface area (Å²) in [7, 11) is 0. The lowest BCUT2D eigenvalue weighted by Gasteiger charge is -2.32. The second-order valence-corrected chi connectivity index (χ2v) is 5.95. The average Bonchev–Trinajstić information content (AvgIpc) is 2.50. The third-order valence-corrected chi connectivity index (χ3v) is 4.34. The summed E-state index contributed by atoms with van der Waals surface area (Å²) < 4.78 is 0. The summed E-state index contributed by atoms with van der Waals surface area (Å²) >= 11 is 0. The first kappa shape index (κ1) is 14.3. The van der Waals surface area contributed by atoms with Gasteiger partial charge in [0.05, 0.1) is 5.52 Å². The monoisotopic (exact) mass is 284 g/mol. The Morgan fingerprint density at radius 1 is 1.24 bits per heavy atom. The maximum absolute atomic E-state index is 4.48. The fourth-order valence-electron chi connectivity index (χ4n) is 3.20. The van der Waals surface area contributed by atoms with E-state index in [1.54, 1.807) is 6.33 Å². The number of nitrogens with zero attached hydrogens (tertiary/aromatic N) is 3. The van der Waals surface area contributed by atoms with E-state index in [4.69, 9.17) is 0 Å². The van der Waals surface area contributed by atoms with Crippen molar-refractivity contribution < 1.29 is 0 Å². The average molecular weight is 284 g/mol. The second-order valence-electron chi connectivity index (χ2n) is 5.95. The molecule has 0 bridgehead atoms. The maximum Gasteiger partial charge on any atom is 0.137 e. The zero-order valence-corrected chi connectivity index (χ0v) is 13.0. The van der Waals surface area contributed by atoms with Crippen molar-refractivity contribution in [2.75, 3.05) is 25.0 Å². The molecule has 1 aliphatic heterocycles. The van der Waals surface area contributed by atoms with Gasteiger partial charge in [0.15, 0.2) is 0 Å². The molecule has 0 saturated carbocycles. The van der Waals surface area contributed by atoms with Crippen molar-refractivity contribution in [2.24, 2.45) is 0 Å². The Labute approximate surface area is 126 Å². The normalized spacial score (nSPS) is 17.2. The van der Waals surface area contributed by atoms with Crippen molar-refractivity contribution in [3.8, 4) is 0 Å². The van der Waals surface area contributed by atoms with Crippen molar-refractivity contribution in [1.29, 1.82) is 0 Å². The molecule has 1 aliphatic rings. The Hall–Kier alpha value is -1.68. The highest BCUT2D eigenvalue weighted by Gasteiger charge is 2.19. The lowest BCUT2D eigenvalue weighted by atomic mass is 10.0. The van der Waals surface area contributed by atoms with Crippen LogP contribution in [-0.2, 0) is 0 Å². The number of nitrogens with one attached hydrogen (secondary N) is 1. The molecule has 0 radical (unpaired) electrons. The maximum atomic E-state index is 4.48. The zero-order chi connectivity index (χ0) is 14.7. The predicted molar refractivity (Wildman–Crippen MR) is 87.7 cm³/mol. The van der Waals surface area contributed by atoms with Crippen LogP contribution in [0.1, 0.15) is 31.7 Å². The Kier molecular flexibility index (Phi) is 4.34. The van der Waals surface area contributed by atoms with E-state index < -0.39 is 0 Å². The van der Waals surface area contributed by atoms with Crippen LogP contribution in [0.4, 0.5) is 5.82 Å². The topological polar surface area (TPSA) is 41.0 Å². The lowest BCUT2D eigenvalue weighted by Crippen LogP contribution is -2.39. The van der Waals surface area contributed by atoms with Crippen LogP contribution in [0.25, 0.3) is 10.9 Å². The molecule has 21 heavy (non-hydrogen) atoms. The number of fused-ring (bicyclic) bond motifs is 1. The highest BCUT2D eigenvalue weighted by Crippen LogP contribution is 2.25. The number of piperidine rings is 1. The van der Waals surface area contributed by atoms with Crippen molar-refractivity contribution in [2.45, 2.75) is 39.2 Å². The zero-order valence-electron chi connectivity index (χ0n) is 13.0. The van der Waals surface area contributed by atoms with E-state index >= 15 is 0 Å². The Morgan fingerprint density at radius 3 is 2.81 bits per heavy atom. The van der Waals surface area contributed by atoms with Gasteiger partial charge in [0.1, 0.15) is 12.1 Å². The van der Waals surface area contributed by atoms with Gasteiger partial charge in [-0.2, -0.15) is 0 Å². The number of rotatable bonds is 4. The van der Waals surface area contributed by atoms with E-state index in [0.29, 0.717) is 6.04 Å². The van der Waals surface area contributed by atoms with Gasteiger partial charge in [0.2, 0.25) is 0 Å². The first-order chi connectivity index (χ1) is 10.3. The van der Waals surface area contributed by atoms with Crippen LogP contribution in [-0.4, -0.2) is 40.5 Å². The van der Waals surface area contributed by atoms with E-state index in [9.17, 15) is 0 Å². The van der Waals surface area contributed by atoms with Crippen molar-refractivity contribution >= 4 is 16.7 Å². The number of hydrogen-bond donors (Lipinski definition) is 1. The minimum Gasteiger partial charge on any atom is -0.367 e. The van der Waals surface area contributed by atoms with Crippen molar-refractivity contribution in [3.05, 3.63) is 30.1 Å². The Morgan fingerprint density at radius 2 is 2.05 bits per heavy atom. The summed E-state index contributed by atoms with van der Waals surface area (Å²) in [4.78, 5) is 11.4. The molecule has 2 heterocycles. The molecule has 1 saturated heterocycles. The number of hydrogen-bond acceptors (Lipinski definition) is 4. The van der Waals surface area contributed by atoms with Crippen molar-refractivity contribution in [1.82, 2.24) is 14.9 Å². The Bertz CT molecular complexity index is 598. The Balaban J connectivity index is 1.74. The van der Waals surface area contributed by atoms with Gasteiger partial charge in [-0.15, -0.1) is 0 Å². The van der Waals surface area contributed by atoms with E-state index in [-0.39, 0.29) is 0 Å². The molecule has 1 aromatic carbocycles. The molecule has 4 nitrogen and oxygen atoms in total. The molecule has 2 aromatic rings. The number of benzene rings is 1. The van der Waals surface area contributed by atoms with Gasteiger partial charge in [-0.1, -0.05) is 19.1 Å². The summed E-state index contributed by atoms with van der Waals surface area (Å²) in [5.74, 6) is 0.993. The smallest absolute Gasteiger partial charge is 0.137 e. The quantitative estimate of drug-likeness (QED) is 0.936. The molecule has 0 unspecified atom stereocenters. The van der Waals surface area contributed by atoms with Crippen LogP contribution in [0.3, 0.4) is 0 Å². The molecule has 0 amide bonds. The molecule has 4 heteroatoms. The number of aromatic nitrogens is 2. The van der Waals surface area contributed by atoms with Crippen LogP contribution in [0.2, 0.25) is 0 Å². The summed E-state index contributed by atoms with van der Waals surface area (Å²) in [6.45, 7) is 7.98. The van der Waals surface area contributed by atoms with Gasteiger partial charge < -0.3 is 10.2 Å². The largest absolute Gasteiger partial charge is 0.367 e. The third-order valence-electron chi connectivity index (χ3n) is 4.34. The van der Waals surface area contributed by atoms with E-state index in [1.807, 2.05) is 0 Å². The van der Waals surface area contributed by atoms with Crippen LogP contribution >= 0.6 is 0 Å². The van der Waals surface area contributed by atoms with Crippen LogP contribution < -0.4 is 5.32 Å². The summed E-state index contributed by atoms with van der Waals surface area (Å²) in [6.07, 6.45) is 5.29. The lowest BCUT2D eigenvalue weighted by molar-refractivity contribution is 0.219. The summed E-state index contributed by atoms with van der Waals surface area (Å²) in [5.41, 5.74) is 2.26. The highest BCUT2D eigenvalue weighted by molar-refractivity contribution is 5.91. The second kappa shape index (κ2) is 6.39. The number of anilines is 1. The van der Waals surface area contributed by atoms with Gasteiger partial charge in [0.25, 0.3) is 0 Å². The number of aryl methyl sites for hydroxylation is 1. The molecule has 3 rings (SSSR count). The minimum absolute atomic E-state index is 0.524. The number of likely N-dealkylation sites (tertiary alicyclic amines) is 1. The molecule has 112 valence electrons. The molecule has 1 N–H and O–H groups in total. The first-order valence-electron chi connectivity index (χ1n) is 7.97. The summed E-state index contributed by atoms with van der Waals surface area (Å²) in [5, 5.41) is 4.81. The third kappa shape index (κ3) is 3.16. The molecule has 0 atom stereocenters. The van der Waals surface area contributed by atoms with E-state index in [1.165, 1.54) is 44.5 Å². The van der Waals surface area contributed by atoms with Gasteiger partial charge in [-0.05, 0) is 44.4 Å². The fourth-order valence-corrected chi connectivity index (χ4v) is 3.20. The molecule has 0 aliphatic carbocycles. The first-order valence-corrected chi connectivity index (χ1v) is 7.97. The minimum atomic E-state index is 0.524. The SMILES string of the molecule is CCCN1CCC(Nc2ncnc3cccc(C)c23)CC1. The standard InChI is InChI=1S/C17H24N4/c1-3-9-21-10-7-14(8-11-21)20-17-16-13(2)5-4-6-15(16)18-12-19-17/h4-6,12,14H,3,7-11H2,1-2H3,(H,18,19,20). The fraction of sp³-hybridized carbons (Fsp3) is 0.529. The van der Waals surface area contributed by atoms with Crippen LogP contribution in [0.15, 0.2) is 24.5 Å². The molecule has 1 aromatic heterocycles. The van der Waals surface area contributed by atoms with Gasteiger partial charge in [-0.25, -0.2) is 9.97 Å². The molecule has 0 spiro atoms. The highest BCUT2D eigenvalue weighted by atomic mass is 15.1. The molecular formula is C17H24N4. The van der Waals surface area contributed by atoms with Gasteiger partial charge in [0, 0.05) is 24.5 Å². The van der Waals surface area contributed by atoms with E-state index in [0.717, 1.165) is 16.7 Å². The predicted octanol–water partition coefficient (Wildman–Crippen LogP) is 3.22. The molecular weight excluding hydrogens is 260 g/mol. The van der Waals surface area contributed by atoms with Crippen molar-refractivity contribution in [3.63, 3.8) is 0 Å². The van der Waals surface area contributed by atoms with Crippen LogP contribution in [0.5, 0.6) is 0 Å². The molecule has 1 fully saturated rings. The summed E-state index contributed by atoms with van der Waals surface area (Å²) in [6, 6.07) is 6.76. The van der Waals surface area contributed by atoms with Crippen LogP contribution in [0, 0.1) is 6.92 Å². The van der Waals surface area contributed by atoms with E-state index in [2.05, 4.69) is 52.2 Å². The van der Waals surface area contributed by atoms with Gasteiger partial charge in [-0.3, -0.25) is 0 Å².